The molecule has 0 saturated heterocycles. The van der Waals surface area contributed by atoms with E-state index in [2.05, 4.69) is 29.5 Å². The molecular weight excluding hydrogens is 491 g/mol. The number of hydrogen-bond donors (Lipinski definition) is 0. The maximum absolute atomic E-state index is 5.54. The summed E-state index contributed by atoms with van der Waals surface area (Å²) >= 11 is 2.28. The van der Waals surface area contributed by atoms with Crippen molar-refractivity contribution in [1.29, 1.82) is 0 Å². The van der Waals surface area contributed by atoms with Crippen LogP contribution < -0.4 is 0 Å². The van der Waals surface area contributed by atoms with Crippen molar-refractivity contribution in [2.45, 2.75) is 39.0 Å². The number of ether oxygens (including phenoxy) is 7. The van der Waals surface area contributed by atoms with Crippen molar-refractivity contribution >= 4 is 22.6 Å². The summed E-state index contributed by atoms with van der Waals surface area (Å²) in [6, 6.07) is 0. The van der Waals surface area contributed by atoms with E-state index < -0.39 is 0 Å². The molecular formula is C21H43IO7. The van der Waals surface area contributed by atoms with Crippen LogP contribution in [0.15, 0.2) is 0 Å². The van der Waals surface area contributed by atoms with E-state index in [9.17, 15) is 0 Å². The molecule has 29 heavy (non-hydrogen) atoms. The van der Waals surface area contributed by atoms with Crippen LogP contribution in [0, 0.1) is 0 Å². The second-order valence-electron chi connectivity index (χ2n) is 6.39. The number of alkyl halides is 1. The molecule has 0 aromatic carbocycles. The minimum absolute atomic E-state index is 0.564. The number of halogens is 1. The minimum atomic E-state index is 0.564. The Balaban J connectivity index is 2.97. The summed E-state index contributed by atoms with van der Waals surface area (Å²) in [5.74, 6) is 0. The van der Waals surface area contributed by atoms with Crippen LogP contribution in [0.1, 0.15) is 39.0 Å². The fourth-order valence-electron chi connectivity index (χ4n) is 2.28. The van der Waals surface area contributed by atoms with Crippen molar-refractivity contribution in [2.75, 3.05) is 96.9 Å². The van der Waals surface area contributed by atoms with Crippen LogP contribution in [0.4, 0.5) is 0 Å². The maximum Gasteiger partial charge on any atom is 0.0701 e. The lowest BCUT2D eigenvalue weighted by Crippen LogP contribution is -2.14. The van der Waals surface area contributed by atoms with Crippen LogP contribution in [0.3, 0.4) is 0 Å². The molecule has 0 radical (unpaired) electrons. The third-order valence-electron chi connectivity index (χ3n) is 3.85. The Kier molecular flexibility index (Phi) is 28.9. The van der Waals surface area contributed by atoms with Crippen LogP contribution in [0.5, 0.6) is 0 Å². The lowest BCUT2D eigenvalue weighted by atomic mass is 10.2. The first-order valence-corrected chi connectivity index (χ1v) is 12.5. The molecule has 176 valence electrons. The second kappa shape index (κ2) is 28.5. The lowest BCUT2D eigenvalue weighted by molar-refractivity contribution is -0.0201. The molecule has 0 N–H and O–H groups in total. The Hall–Kier alpha value is 0.450. The summed E-state index contributed by atoms with van der Waals surface area (Å²) in [5, 5.41) is 0. The van der Waals surface area contributed by atoms with E-state index in [1.54, 1.807) is 0 Å². The van der Waals surface area contributed by atoms with Crippen LogP contribution in [-0.2, 0) is 33.2 Å². The van der Waals surface area contributed by atoms with Gasteiger partial charge in [-0.25, -0.2) is 0 Å². The molecule has 0 spiro atoms. The Morgan fingerprint density at radius 3 is 1.03 bits per heavy atom. The van der Waals surface area contributed by atoms with Gasteiger partial charge in [-0.15, -0.1) is 0 Å². The van der Waals surface area contributed by atoms with Gasteiger partial charge in [-0.2, -0.15) is 0 Å². The van der Waals surface area contributed by atoms with Gasteiger partial charge in [0.2, 0.25) is 0 Å². The average molecular weight is 534 g/mol. The minimum Gasteiger partial charge on any atom is -0.379 e. The molecule has 0 aliphatic carbocycles. The molecule has 8 heteroatoms. The highest BCUT2D eigenvalue weighted by Gasteiger charge is 1.95. The second-order valence-corrected chi connectivity index (χ2v) is 7.47. The quantitative estimate of drug-likeness (QED) is 0.0957. The predicted octanol–water partition coefficient (Wildman–Crippen LogP) is 3.51. The van der Waals surface area contributed by atoms with E-state index in [1.165, 1.54) is 25.7 Å². The molecule has 7 nitrogen and oxygen atoms in total. The third-order valence-corrected chi connectivity index (χ3v) is 4.29. The molecule has 0 amide bonds. The van der Waals surface area contributed by atoms with E-state index in [0.717, 1.165) is 24.1 Å². The Labute approximate surface area is 191 Å². The van der Waals surface area contributed by atoms with Crippen molar-refractivity contribution in [3.8, 4) is 0 Å². The topological polar surface area (TPSA) is 64.6 Å². The van der Waals surface area contributed by atoms with Crippen molar-refractivity contribution in [2.24, 2.45) is 0 Å². The zero-order valence-electron chi connectivity index (χ0n) is 18.4. The van der Waals surface area contributed by atoms with Crippen molar-refractivity contribution < 1.29 is 33.2 Å². The zero-order chi connectivity index (χ0) is 21.1. The number of unbranched alkanes of at least 4 members (excludes halogenated alkanes) is 4. The fraction of sp³-hybridized carbons (Fsp3) is 1.00. The average Bonchev–Trinajstić information content (AvgIpc) is 2.74. The van der Waals surface area contributed by atoms with Gasteiger partial charge in [-0.05, 0) is 6.42 Å². The van der Waals surface area contributed by atoms with Gasteiger partial charge in [0.05, 0.1) is 85.9 Å². The van der Waals surface area contributed by atoms with Crippen molar-refractivity contribution in [1.82, 2.24) is 0 Å². The van der Waals surface area contributed by atoms with Crippen LogP contribution >= 0.6 is 22.6 Å². The van der Waals surface area contributed by atoms with Crippen LogP contribution in [-0.4, -0.2) is 96.9 Å². The molecule has 0 heterocycles. The molecule has 0 aromatic rings. The predicted molar refractivity (Wildman–Crippen MR) is 123 cm³/mol. The molecule has 0 fully saturated rings. The summed E-state index contributed by atoms with van der Waals surface area (Å²) in [4.78, 5) is 0. The van der Waals surface area contributed by atoms with Gasteiger partial charge in [0.25, 0.3) is 0 Å². The van der Waals surface area contributed by atoms with Crippen LogP contribution in [0.2, 0.25) is 0 Å². The zero-order valence-corrected chi connectivity index (χ0v) is 20.5. The monoisotopic (exact) mass is 534 g/mol. The highest BCUT2D eigenvalue weighted by molar-refractivity contribution is 14.1. The van der Waals surface area contributed by atoms with E-state index >= 15 is 0 Å². The lowest BCUT2D eigenvalue weighted by Gasteiger charge is -2.08. The fourth-order valence-corrected chi connectivity index (χ4v) is 2.60. The van der Waals surface area contributed by atoms with Gasteiger partial charge in [-0.3, -0.25) is 0 Å². The normalized spacial score (nSPS) is 11.4. The first-order valence-electron chi connectivity index (χ1n) is 11.0. The number of hydrogen-bond acceptors (Lipinski definition) is 7. The smallest absolute Gasteiger partial charge is 0.0701 e. The first kappa shape index (κ1) is 29.5. The highest BCUT2D eigenvalue weighted by atomic mass is 127. The van der Waals surface area contributed by atoms with Gasteiger partial charge >= 0.3 is 0 Å². The Morgan fingerprint density at radius 1 is 0.379 bits per heavy atom. The highest BCUT2D eigenvalue weighted by Crippen LogP contribution is 2.02. The van der Waals surface area contributed by atoms with Gasteiger partial charge in [0.15, 0.2) is 0 Å². The molecule has 0 aromatic heterocycles. The van der Waals surface area contributed by atoms with Crippen molar-refractivity contribution in [3.05, 3.63) is 0 Å². The molecule has 0 aliphatic heterocycles. The van der Waals surface area contributed by atoms with Gasteiger partial charge in [0.1, 0.15) is 0 Å². The molecule has 0 unspecified atom stereocenters. The van der Waals surface area contributed by atoms with E-state index in [0.29, 0.717) is 79.3 Å². The molecule has 0 bridgehead atoms. The van der Waals surface area contributed by atoms with Gasteiger partial charge in [0, 0.05) is 11.0 Å². The summed E-state index contributed by atoms with van der Waals surface area (Å²) in [6.07, 6.45) is 6.33. The largest absolute Gasteiger partial charge is 0.379 e. The standard InChI is InChI=1S/C21H43IO7/c1-2-3-4-5-6-8-23-10-12-25-14-16-27-18-20-29-21-19-28-17-15-26-13-11-24-9-7-22/h2-21H2,1H3. The Morgan fingerprint density at radius 2 is 0.690 bits per heavy atom. The third kappa shape index (κ3) is 28.4. The Bertz CT molecular complexity index is 260. The summed E-state index contributed by atoms with van der Waals surface area (Å²) in [5.41, 5.74) is 0. The number of rotatable bonds is 26. The van der Waals surface area contributed by atoms with Gasteiger partial charge < -0.3 is 33.2 Å². The van der Waals surface area contributed by atoms with Crippen molar-refractivity contribution in [3.63, 3.8) is 0 Å². The SMILES string of the molecule is CCCCCCCOCCOCCOCCOCCOCCOCCOCCI. The summed E-state index contributed by atoms with van der Waals surface area (Å²) < 4.78 is 39.0. The summed E-state index contributed by atoms with van der Waals surface area (Å²) in [6.45, 7) is 11.0. The van der Waals surface area contributed by atoms with Crippen LogP contribution in [0.25, 0.3) is 0 Å². The molecule has 0 saturated carbocycles. The van der Waals surface area contributed by atoms with E-state index in [4.69, 9.17) is 33.2 Å². The molecule has 0 rings (SSSR count). The molecule has 0 aliphatic rings. The van der Waals surface area contributed by atoms with E-state index in [1.807, 2.05) is 0 Å². The molecule has 0 atom stereocenters. The summed E-state index contributed by atoms with van der Waals surface area (Å²) in [7, 11) is 0. The van der Waals surface area contributed by atoms with Gasteiger partial charge in [-0.1, -0.05) is 55.2 Å². The maximum atomic E-state index is 5.54. The first-order chi connectivity index (χ1) is 14.4. The van der Waals surface area contributed by atoms with E-state index in [-0.39, 0.29) is 0 Å².